The van der Waals surface area contributed by atoms with Crippen molar-refractivity contribution in [2.45, 2.75) is 37.2 Å². The van der Waals surface area contributed by atoms with Crippen molar-refractivity contribution < 1.29 is 31.5 Å². The molecule has 2 aromatic carbocycles. The van der Waals surface area contributed by atoms with Crippen molar-refractivity contribution in [2.24, 2.45) is 4.99 Å². The quantitative estimate of drug-likeness (QED) is 0.421. The number of hydrogen-bond donors (Lipinski definition) is 0. The lowest BCUT2D eigenvalue weighted by Gasteiger charge is -2.21. The summed E-state index contributed by atoms with van der Waals surface area (Å²) < 4.78 is 68.3. The predicted octanol–water partition coefficient (Wildman–Crippen LogP) is 3.31. The molecule has 1 aliphatic rings. The first-order chi connectivity index (χ1) is 16.8. The van der Waals surface area contributed by atoms with E-state index >= 15 is 0 Å². The number of sulfonamides is 1. The molecule has 0 saturated carbocycles. The molecule has 3 aromatic rings. The fourth-order valence-corrected chi connectivity index (χ4v) is 6.80. The van der Waals surface area contributed by atoms with Gasteiger partial charge < -0.3 is 14.0 Å². The van der Waals surface area contributed by atoms with Crippen LogP contribution in [0.4, 0.5) is 8.78 Å². The van der Waals surface area contributed by atoms with Crippen LogP contribution in [0.5, 0.6) is 5.75 Å². The number of nitrogens with zero attached hydrogens (tertiary/aromatic N) is 3. The smallest absolute Gasteiger partial charge is 0.266 e. The Kier molecular flexibility index (Phi) is 7.64. The van der Waals surface area contributed by atoms with Crippen LogP contribution in [0.1, 0.15) is 19.8 Å². The molecule has 1 fully saturated rings. The van der Waals surface area contributed by atoms with Gasteiger partial charge in [-0.3, -0.25) is 4.79 Å². The summed E-state index contributed by atoms with van der Waals surface area (Å²) in [4.78, 5) is 17.6. The number of amides is 1. The van der Waals surface area contributed by atoms with Gasteiger partial charge in [0.15, 0.2) is 10.6 Å². The minimum atomic E-state index is -3.95. The molecule has 12 heteroatoms. The van der Waals surface area contributed by atoms with E-state index in [1.807, 2.05) is 6.92 Å². The predicted molar refractivity (Wildman–Crippen MR) is 127 cm³/mol. The molecule has 1 saturated heterocycles. The largest absolute Gasteiger partial charge is 0.497 e. The summed E-state index contributed by atoms with van der Waals surface area (Å²) in [5, 5.41) is 0. The molecular weight excluding hydrogens is 500 g/mol. The van der Waals surface area contributed by atoms with Gasteiger partial charge in [-0.1, -0.05) is 11.3 Å². The molecule has 0 aliphatic carbocycles. The van der Waals surface area contributed by atoms with Crippen molar-refractivity contribution in [3.8, 4) is 5.75 Å². The Hall–Kier alpha value is -2.67. The number of carbonyl (C=O) groups is 1. The Morgan fingerprint density at radius 2 is 1.97 bits per heavy atom. The Balaban J connectivity index is 1.71. The molecule has 8 nitrogen and oxygen atoms in total. The van der Waals surface area contributed by atoms with Crippen LogP contribution in [0.25, 0.3) is 10.2 Å². The molecule has 0 spiro atoms. The highest BCUT2D eigenvalue weighted by atomic mass is 32.2. The van der Waals surface area contributed by atoms with E-state index in [2.05, 4.69) is 4.99 Å². The summed E-state index contributed by atoms with van der Waals surface area (Å²) in [6, 6.07) is 6.89. The first-order valence-electron chi connectivity index (χ1n) is 11.1. The summed E-state index contributed by atoms with van der Waals surface area (Å²) in [6.45, 7) is 2.88. The number of rotatable bonds is 8. The number of ether oxygens (including phenoxy) is 2. The van der Waals surface area contributed by atoms with E-state index in [0.717, 1.165) is 21.7 Å². The molecule has 1 atom stereocenters. The van der Waals surface area contributed by atoms with Crippen LogP contribution in [0.15, 0.2) is 46.3 Å². The summed E-state index contributed by atoms with van der Waals surface area (Å²) >= 11 is 0.965. The Labute approximate surface area is 205 Å². The monoisotopic (exact) mass is 525 g/mol. The molecule has 188 valence electrons. The van der Waals surface area contributed by atoms with E-state index < -0.39 is 33.6 Å². The van der Waals surface area contributed by atoms with Crippen LogP contribution < -0.4 is 9.54 Å². The molecule has 2 heterocycles. The Bertz CT molecular complexity index is 1400. The summed E-state index contributed by atoms with van der Waals surface area (Å²) in [5.74, 6) is -1.65. The molecule has 4 rings (SSSR count). The Morgan fingerprint density at radius 1 is 1.23 bits per heavy atom. The van der Waals surface area contributed by atoms with Gasteiger partial charge in [0.05, 0.1) is 28.8 Å². The minimum absolute atomic E-state index is 0.0455. The molecule has 0 bridgehead atoms. The molecular formula is C23H25F2N3O5S2. The van der Waals surface area contributed by atoms with E-state index in [1.165, 1.54) is 42.0 Å². The molecule has 0 radical (unpaired) electrons. The molecule has 1 unspecified atom stereocenters. The number of methoxy groups -OCH3 is 1. The summed E-state index contributed by atoms with van der Waals surface area (Å²) in [6.07, 6.45) is 0.808. The third-order valence-corrected chi connectivity index (χ3v) is 8.67. The van der Waals surface area contributed by atoms with Crippen LogP contribution in [-0.4, -0.2) is 56.1 Å². The van der Waals surface area contributed by atoms with Crippen molar-refractivity contribution in [3.05, 3.63) is 52.8 Å². The van der Waals surface area contributed by atoms with Crippen molar-refractivity contribution in [3.63, 3.8) is 0 Å². The maximum absolute atomic E-state index is 14.6. The standard InChI is InChI=1S/C23H25F2N3O5S2/c1-3-33-12-11-27-21-18(25)13-15(24)14-20(21)34-23(27)26-22(29)19-5-4-10-28(19)35(30,31)17-8-6-16(32-2)7-9-17/h6-9,13-14,19H,3-5,10-12H2,1-2H3. The molecule has 35 heavy (non-hydrogen) atoms. The van der Waals surface area contributed by atoms with Crippen LogP contribution in [-0.2, 0) is 26.1 Å². The van der Waals surface area contributed by atoms with E-state index in [9.17, 15) is 22.0 Å². The van der Waals surface area contributed by atoms with Gasteiger partial charge in [-0.25, -0.2) is 17.2 Å². The topological polar surface area (TPSA) is 90.2 Å². The Morgan fingerprint density at radius 3 is 2.66 bits per heavy atom. The third kappa shape index (κ3) is 5.15. The summed E-state index contributed by atoms with van der Waals surface area (Å²) in [5.41, 5.74) is 0.122. The highest BCUT2D eigenvalue weighted by Crippen LogP contribution is 2.28. The zero-order valence-corrected chi connectivity index (χ0v) is 20.9. The van der Waals surface area contributed by atoms with E-state index in [0.29, 0.717) is 29.9 Å². The second-order valence-corrected chi connectivity index (χ2v) is 10.8. The van der Waals surface area contributed by atoms with E-state index in [1.54, 1.807) is 0 Å². The number of halogens is 2. The molecule has 0 N–H and O–H groups in total. The number of benzene rings is 2. The molecule has 1 aliphatic heterocycles. The van der Waals surface area contributed by atoms with Crippen LogP contribution in [0.2, 0.25) is 0 Å². The lowest BCUT2D eigenvalue weighted by atomic mass is 10.2. The summed E-state index contributed by atoms with van der Waals surface area (Å²) in [7, 11) is -2.47. The van der Waals surface area contributed by atoms with Gasteiger partial charge in [-0.2, -0.15) is 9.30 Å². The van der Waals surface area contributed by atoms with Crippen LogP contribution >= 0.6 is 11.3 Å². The van der Waals surface area contributed by atoms with Gasteiger partial charge >= 0.3 is 0 Å². The van der Waals surface area contributed by atoms with Gasteiger partial charge in [-0.05, 0) is 50.1 Å². The highest BCUT2D eigenvalue weighted by molar-refractivity contribution is 7.89. The van der Waals surface area contributed by atoms with Crippen LogP contribution in [0.3, 0.4) is 0 Å². The molecule has 1 aromatic heterocycles. The van der Waals surface area contributed by atoms with Gasteiger partial charge in [0.1, 0.15) is 17.6 Å². The molecule has 1 amide bonds. The van der Waals surface area contributed by atoms with E-state index in [-0.39, 0.29) is 34.9 Å². The van der Waals surface area contributed by atoms with Gasteiger partial charge in [0.25, 0.3) is 5.91 Å². The second-order valence-electron chi connectivity index (χ2n) is 7.87. The average Bonchev–Trinajstić information content (AvgIpc) is 3.45. The third-order valence-electron chi connectivity index (χ3n) is 5.72. The normalized spacial score (nSPS) is 17.4. The number of thiazole rings is 1. The zero-order valence-electron chi connectivity index (χ0n) is 19.2. The maximum atomic E-state index is 14.6. The van der Waals surface area contributed by atoms with Gasteiger partial charge in [0, 0.05) is 25.8 Å². The number of fused-ring (bicyclic) bond motifs is 1. The van der Waals surface area contributed by atoms with Gasteiger partial charge in [-0.15, -0.1) is 0 Å². The first-order valence-corrected chi connectivity index (χ1v) is 13.3. The van der Waals surface area contributed by atoms with Gasteiger partial charge in [0.2, 0.25) is 10.0 Å². The highest BCUT2D eigenvalue weighted by Gasteiger charge is 2.39. The number of aromatic nitrogens is 1. The zero-order chi connectivity index (χ0) is 25.2. The lowest BCUT2D eigenvalue weighted by Crippen LogP contribution is -2.40. The van der Waals surface area contributed by atoms with Crippen molar-refractivity contribution >= 4 is 37.5 Å². The SMILES string of the molecule is CCOCCn1c(=NC(=O)C2CCCN2S(=O)(=O)c2ccc(OC)cc2)sc2cc(F)cc(F)c21. The van der Waals surface area contributed by atoms with Crippen molar-refractivity contribution in [1.82, 2.24) is 8.87 Å². The van der Waals surface area contributed by atoms with Crippen molar-refractivity contribution in [1.29, 1.82) is 0 Å². The lowest BCUT2D eigenvalue weighted by molar-refractivity contribution is -0.121. The average molecular weight is 526 g/mol. The second kappa shape index (κ2) is 10.5. The maximum Gasteiger partial charge on any atom is 0.266 e. The number of hydrogen-bond acceptors (Lipinski definition) is 6. The minimum Gasteiger partial charge on any atom is -0.497 e. The first kappa shape index (κ1) is 25.4. The fourth-order valence-electron chi connectivity index (χ4n) is 4.05. The number of carbonyl (C=O) groups excluding carboxylic acids is 1. The van der Waals surface area contributed by atoms with Crippen molar-refractivity contribution in [2.75, 3.05) is 26.9 Å². The van der Waals surface area contributed by atoms with Crippen LogP contribution in [0, 0.1) is 11.6 Å². The fraction of sp³-hybridized carbons (Fsp3) is 0.391. The van der Waals surface area contributed by atoms with E-state index in [4.69, 9.17) is 9.47 Å².